The maximum atomic E-state index is 12.5. The van der Waals surface area contributed by atoms with E-state index in [1.807, 2.05) is 4.90 Å². The predicted molar refractivity (Wildman–Crippen MR) is 89.6 cm³/mol. The molecule has 1 aromatic rings. The number of aryl methyl sites for hydroxylation is 1. The highest BCUT2D eigenvalue weighted by atomic mass is 32.2. The lowest BCUT2D eigenvalue weighted by Gasteiger charge is -2.35. The molecule has 24 heavy (non-hydrogen) atoms. The Labute approximate surface area is 142 Å². The summed E-state index contributed by atoms with van der Waals surface area (Å²) >= 11 is 0. The summed E-state index contributed by atoms with van der Waals surface area (Å²) in [6, 6.07) is 1.73. The molecule has 3 heterocycles. The smallest absolute Gasteiger partial charge is 0.282 e. The van der Waals surface area contributed by atoms with Crippen molar-refractivity contribution in [2.45, 2.75) is 12.8 Å². The van der Waals surface area contributed by atoms with E-state index >= 15 is 0 Å². The molecule has 0 saturated carbocycles. The van der Waals surface area contributed by atoms with Crippen LogP contribution in [0.4, 0.5) is 5.82 Å². The fraction of sp³-hybridized carbons (Fsp3) is 0.714. The Balaban J connectivity index is 1.47. The second kappa shape index (κ2) is 7.18. The number of anilines is 1. The first-order valence-corrected chi connectivity index (χ1v) is 9.62. The lowest BCUT2D eigenvalue weighted by Crippen LogP contribution is -2.53. The molecule has 0 bridgehead atoms. The van der Waals surface area contributed by atoms with E-state index in [2.05, 4.69) is 10.4 Å². The highest BCUT2D eigenvalue weighted by Gasteiger charge is 2.33. The molecular formula is C14H24N6O3S. The summed E-state index contributed by atoms with van der Waals surface area (Å²) in [4.78, 5) is 14.0. The summed E-state index contributed by atoms with van der Waals surface area (Å²) in [7, 11) is -1.55. The van der Waals surface area contributed by atoms with Gasteiger partial charge in [0.05, 0.1) is 6.54 Å². The van der Waals surface area contributed by atoms with Gasteiger partial charge in [-0.3, -0.25) is 14.4 Å². The van der Waals surface area contributed by atoms with E-state index in [0.29, 0.717) is 45.1 Å². The molecule has 1 N–H and O–H groups in total. The van der Waals surface area contributed by atoms with Crippen molar-refractivity contribution in [3.8, 4) is 0 Å². The minimum Gasteiger partial charge on any atom is -0.308 e. The van der Waals surface area contributed by atoms with E-state index in [1.165, 1.54) is 4.31 Å². The molecule has 0 spiro atoms. The standard InChI is InChI=1S/C14H24N6O3S/c1-17-7-4-13(16-17)15-14(21)12-18-8-10-20(11-9-18)24(22,23)19-5-2-3-6-19/h4,7H,2-3,5-6,8-12H2,1H3,(H,15,16,21). The molecule has 2 saturated heterocycles. The summed E-state index contributed by atoms with van der Waals surface area (Å²) in [5, 5.41) is 6.85. The van der Waals surface area contributed by atoms with Crippen molar-refractivity contribution in [2.24, 2.45) is 7.05 Å². The molecule has 0 aromatic carbocycles. The van der Waals surface area contributed by atoms with Gasteiger partial charge in [-0.2, -0.15) is 22.1 Å². The van der Waals surface area contributed by atoms with Crippen molar-refractivity contribution in [3.05, 3.63) is 12.3 Å². The first-order chi connectivity index (χ1) is 11.4. The van der Waals surface area contributed by atoms with Crippen LogP contribution >= 0.6 is 0 Å². The molecule has 0 radical (unpaired) electrons. The van der Waals surface area contributed by atoms with Crippen molar-refractivity contribution in [2.75, 3.05) is 51.1 Å². The summed E-state index contributed by atoms with van der Waals surface area (Å²) in [6.07, 6.45) is 3.64. The Morgan fingerprint density at radius 3 is 2.33 bits per heavy atom. The minimum atomic E-state index is -3.33. The van der Waals surface area contributed by atoms with Crippen LogP contribution in [0.3, 0.4) is 0 Å². The molecule has 9 nitrogen and oxygen atoms in total. The second-order valence-electron chi connectivity index (χ2n) is 6.21. The van der Waals surface area contributed by atoms with E-state index < -0.39 is 10.2 Å². The van der Waals surface area contributed by atoms with E-state index in [1.54, 1.807) is 28.3 Å². The maximum Gasteiger partial charge on any atom is 0.282 e. The first kappa shape index (κ1) is 17.3. The van der Waals surface area contributed by atoms with Crippen LogP contribution in [0.15, 0.2) is 12.3 Å². The number of aromatic nitrogens is 2. The maximum absolute atomic E-state index is 12.5. The van der Waals surface area contributed by atoms with Crippen LogP contribution < -0.4 is 5.32 Å². The number of rotatable bonds is 5. The highest BCUT2D eigenvalue weighted by Crippen LogP contribution is 2.18. The van der Waals surface area contributed by atoms with E-state index in [-0.39, 0.29) is 12.5 Å². The van der Waals surface area contributed by atoms with Gasteiger partial charge in [0, 0.05) is 58.6 Å². The van der Waals surface area contributed by atoms with Crippen LogP contribution in [-0.4, -0.2) is 83.4 Å². The van der Waals surface area contributed by atoms with Crippen molar-refractivity contribution < 1.29 is 13.2 Å². The molecule has 10 heteroatoms. The van der Waals surface area contributed by atoms with Gasteiger partial charge < -0.3 is 5.32 Å². The Morgan fingerprint density at radius 2 is 1.75 bits per heavy atom. The van der Waals surface area contributed by atoms with Gasteiger partial charge in [0.15, 0.2) is 5.82 Å². The molecular weight excluding hydrogens is 332 g/mol. The van der Waals surface area contributed by atoms with Gasteiger partial charge in [0.2, 0.25) is 5.91 Å². The van der Waals surface area contributed by atoms with Crippen LogP contribution in [-0.2, 0) is 22.1 Å². The van der Waals surface area contributed by atoms with Gasteiger partial charge >= 0.3 is 0 Å². The summed E-state index contributed by atoms with van der Waals surface area (Å²) in [6.45, 7) is 3.45. The van der Waals surface area contributed by atoms with Crippen LogP contribution in [0.2, 0.25) is 0 Å². The molecule has 0 atom stereocenters. The van der Waals surface area contributed by atoms with E-state index in [9.17, 15) is 13.2 Å². The molecule has 0 aliphatic carbocycles. The molecule has 2 fully saturated rings. The number of nitrogens with zero attached hydrogens (tertiary/aromatic N) is 5. The van der Waals surface area contributed by atoms with Crippen LogP contribution in [0.1, 0.15) is 12.8 Å². The van der Waals surface area contributed by atoms with Gasteiger partial charge in [0.1, 0.15) is 0 Å². The molecule has 3 rings (SSSR count). The number of hydrogen-bond donors (Lipinski definition) is 1. The molecule has 2 aliphatic rings. The van der Waals surface area contributed by atoms with Crippen molar-refractivity contribution >= 4 is 21.9 Å². The zero-order chi connectivity index (χ0) is 17.2. The summed E-state index contributed by atoms with van der Waals surface area (Å²) in [5.74, 6) is 0.391. The molecule has 134 valence electrons. The number of piperazine rings is 1. The van der Waals surface area contributed by atoms with Crippen LogP contribution in [0, 0.1) is 0 Å². The minimum absolute atomic E-state index is 0.135. The Kier molecular flexibility index (Phi) is 5.18. The van der Waals surface area contributed by atoms with Crippen molar-refractivity contribution in [1.82, 2.24) is 23.3 Å². The van der Waals surface area contributed by atoms with Crippen LogP contribution in [0.25, 0.3) is 0 Å². The normalized spacial score (nSPS) is 21.2. The predicted octanol–water partition coefficient (Wildman–Crippen LogP) is -0.683. The molecule has 0 unspecified atom stereocenters. The molecule has 1 amide bonds. The van der Waals surface area contributed by atoms with E-state index in [0.717, 1.165) is 12.8 Å². The largest absolute Gasteiger partial charge is 0.308 e. The summed E-state index contributed by atoms with van der Waals surface area (Å²) in [5.41, 5.74) is 0. The monoisotopic (exact) mass is 356 g/mol. The van der Waals surface area contributed by atoms with E-state index in [4.69, 9.17) is 0 Å². The first-order valence-electron chi connectivity index (χ1n) is 8.22. The Bertz CT molecular complexity index is 674. The number of carbonyl (C=O) groups is 1. The topological polar surface area (TPSA) is 90.8 Å². The quantitative estimate of drug-likeness (QED) is 0.755. The number of hydrogen-bond acceptors (Lipinski definition) is 5. The zero-order valence-corrected chi connectivity index (χ0v) is 14.7. The average molecular weight is 356 g/mol. The van der Waals surface area contributed by atoms with Crippen LogP contribution in [0.5, 0.6) is 0 Å². The van der Waals surface area contributed by atoms with Gasteiger partial charge in [0.25, 0.3) is 10.2 Å². The number of amides is 1. The fourth-order valence-corrected chi connectivity index (χ4v) is 4.74. The zero-order valence-electron chi connectivity index (χ0n) is 13.9. The third kappa shape index (κ3) is 3.94. The van der Waals surface area contributed by atoms with Crippen molar-refractivity contribution in [1.29, 1.82) is 0 Å². The molecule has 1 aromatic heterocycles. The van der Waals surface area contributed by atoms with Gasteiger partial charge in [-0.05, 0) is 12.8 Å². The highest BCUT2D eigenvalue weighted by molar-refractivity contribution is 7.86. The van der Waals surface area contributed by atoms with Gasteiger partial charge in [-0.25, -0.2) is 0 Å². The second-order valence-corrected chi connectivity index (χ2v) is 8.14. The lowest BCUT2D eigenvalue weighted by atomic mass is 10.3. The lowest BCUT2D eigenvalue weighted by molar-refractivity contribution is -0.117. The molecule has 2 aliphatic heterocycles. The average Bonchev–Trinajstić information content (AvgIpc) is 3.20. The third-order valence-electron chi connectivity index (χ3n) is 4.40. The number of carbonyl (C=O) groups excluding carboxylic acids is 1. The fourth-order valence-electron chi connectivity index (χ4n) is 3.07. The summed E-state index contributed by atoms with van der Waals surface area (Å²) < 4.78 is 29.7. The Hall–Kier alpha value is -1.49. The van der Waals surface area contributed by atoms with Gasteiger partial charge in [-0.15, -0.1) is 0 Å². The Morgan fingerprint density at radius 1 is 1.12 bits per heavy atom. The SMILES string of the molecule is Cn1ccc(NC(=O)CN2CCN(S(=O)(=O)N3CCCC3)CC2)n1. The van der Waals surface area contributed by atoms with Crippen molar-refractivity contribution in [3.63, 3.8) is 0 Å². The van der Waals surface area contributed by atoms with Gasteiger partial charge in [-0.1, -0.05) is 0 Å². The third-order valence-corrected chi connectivity index (χ3v) is 6.43. The number of nitrogens with one attached hydrogen (secondary N) is 1.